The molecule has 2 aliphatic heterocycles. The van der Waals surface area contributed by atoms with E-state index in [0.717, 1.165) is 35.1 Å². The van der Waals surface area contributed by atoms with Crippen molar-refractivity contribution < 1.29 is 9.68 Å². The monoisotopic (exact) mass is 393 g/mol. The zero-order chi connectivity index (χ0) is 17.6. The molecule has 4 rings (SSSR count). The predicted molar refractivity (Wildman–Crippen MR) is 106 cm³/mol. The fourth-order valence-corrected chi connectivity index (χ4v) is 4.90. The van der Waals surface area contributed by atoms with E-state index in [9.17, 15) is 5.11 Å². The first-order chi connectivity index (χ1) is 12.0. The molecule has 0 saturated carbocycles. The van der Waals surface area contributed by atoms with Crippen LogP contribution in [-0.2, 0) is 5.72 Å². The van der Waals surface area contributed by atoms with E-state index in [0.29, 0.717) is 16.6 Å². The molecule has 25 heavy (non-hydrogen) atoms. The Hall–Kier alpha value is -1.20. The van der Waals surface area contributed by atoms with Gasteiger partial charge in [-0.25, -0.2) is 9.48 Å². The first kappa shape index (κ1) is 17.2. The van der Waals surface area contributed by atoms with E-state index >= 15 is 0 Å². The molecule has 2 heterocycles. The van der Waals surface area contributed by atoms with Crippen LogP contribution in [0.4, 0.5) is 5.69 Å². The zero-order valence-corrected chi connectivity index (χ0v) is 16.2. The summed E-state index contributed by atoms with van der Waals surface area (Å²) in [5.74, 6) is 1.06. The number of rotatable bonds is 2. The van der Waals surface area contributed by atoms with E-state index in [-0.39, 0.29) is 0 Å². The molecule has 0 amide bonds. The molecule has 0 spiro atoms. The average molecular weight is 394 g/mol. The summed E-state index contributed by atoms with van der Waals surface area (Å²) in [6.07, 6.45) is 1.04. The number of β-amino-alcohol motifs (C(OH)–C–C–N with tert-alkyl or cyclic N) is 1. The lowest BCUT2D eigenvalue weighted by Gasteiger charge is -2.24. The van der Waals surface area contributed by atoms with Gasteiger partial charge in [0.1, 0.15) is 5.69 Å². The van der Waals surface area contributed by atoms with Crippen molar-refractivity contribution in [2.24, 2.45) is 0 Å². The molecule has 0 bridgehead atoms. The van der Waals surface area contributed by atoms with Crippen LogP contribution in [0.2, 0.25) is 10.0 Å². The highest BCUT2D eigenvalue weighted by molar-refractivity contribution is 8.13. The van der Waals surface area contributed by atoms with E-state index in [1.807, 2.05) is 6.07 Å². The number of hydrogen-bond acceptors (Lipinski definition) is 3. The van der Waals surface area contributed by atoms with Crippen LogP contribution in [0, 0.1) is 6.92 Å². The van der Waals surface area contributed by atoms with Crippen LogP contribution in [0.3, 0.4) is 0 Å². The highest BCUT2D eigenvalue weighted by Gasteiger charge is 2.53. The molecule has 0 fully saturated rings. The van der Waals surface area contributed by atoms with Crippen LogP contribution in [0.1, 0.15) is 17.5 Å². The summed E-state index contributed by atoms with van der Waals surface area (Å²) in [5, 5.41) is 13.7. The number of thioether (sulfide) groups is 1. The Balaban J connectivity index is 1.80. The molecule has 0 aliphatic carbocycles. The molecule has 0 saturated heterocycles. The van der Waals surface area contributed by atoms with E-state index < -0.39 is 5.72 Å². The van der Waals surface area contributed by atoms with Gasteiger partial charge in [-0.1, -0.05) is 47.0 Å². The van der Waals surface area contributed by atoms with Crippen LogP contribution >= 0.6 is 35.0 Å². The van der Waals surface area contributed by atoms with E-state index in [2.05, 4.69) is 40.7 Å². The Morgan fingerprint density at radius 1 is 1.12 bits per heavy atom. The van der Waals surface area contributed by atoms with Gasteiger partial charge in [0.2, 0.25) is 0 Å². The maximum atomic E-state index is 11.6. The van der Waals surface area contributed by atoms with E-state index in [1.54, 1.807) is 23.9 Å². The second-order valence-corrected chi connectivity index (χ2v) is 8.38. The van der Waals surface area contributed by atoms with Gasteiger partial charge in [-0.2, -0.15) is 0 Å². The molecule has 1 N–H and O–H groups in total. The minimum absolute atomic E-state index is 0.465. The third-order valence-electron chi connectivity index (χ3n) is 4.77. The fraction of sp³-hybridized carbons (Fsp3) is 0.316. The smallest absolute Gasteiger partial charge is 0.316 e. The van der Waals surface area contributed by atoms with Gasteiger partial charge in [0, 0.05) is 11.3 Å². The zero-order valence-electron chi connectivity index (χ0n) is 13.9. The van der Waals surface area contributed by atoms with Crippen molar-refractivity contribution in [3.8, 4) is 0 Å². The second-order valence-electron chi connectivity index (χ2n) is 6.50. The van der Waals surface area contributed by atoms with Gasteiger partial charge in [-0.3, -0.25) is 0 Å². The van der Waals surface area contributed by atoms with Crippen molar-refractivity contribution >= 4 is 45.8 Å². The third-order valence-corrected chi connectivity index (χ3v) is 6.70. The first-order valence-electron chi connectivity index (χ1n) is 8.28. The van der Waals surface area contributed by atoms with Gasteiger partial charge >= 0.3 is 5.17 Å². The number of amidine groups is 1. The standard InChI is InChI=1S/C19H19Cl2N2OS/c1-13-3-6-15(7-4-13)22-12-19(24,23-9-2-10-25-18(22)23)14-5-8-16(20)17(21)11-14/h3-8,11,24H,2,9-10,12H2,1H3/q+1/t19-/m0/s1. The second kappa shape index (κ2) is 6.51. The van der Waals surface area contributed by atoms with Gasteiger partial charge in [0.05, 0.1) is 16.6 Å². The number of anilines is 1. The van der Waals surface area contributed by atoms with Crippen molar-refractivity contribution in [3.05, 3.63) is 63.6 Å². The predicted octanol–water partition coefficient (Wildman–Crippen LogP) is 4.47. The minimum atomic E-state index is -1.11. The Morgan fingerprint density at radius 2 is 1.88 bits per heavy atom. The highest BCUT2D eigenvalue weighted by atomic mass is 35.5. The van der Waals surface area contributed by atoms with E-state index in [1.165, 1.54) is 5.56 Å². The van der Waals surface area contributed by atoms with Gasteiger partial charge in [-0.15, -0.1) is 0 Å². The van der Waals surface area contributed by atoms with Crippen LogP contribution in [0.15, 0.2) is 42.5 Å². The van der Waals surface area contributed by atoms with Gasteiger partial charge < -0.3 is 5.11 Å². The Labute approximate surface area is 161 Å². The van der Waals surface area contributed by atoms with Crippen LogP contribution < -0.4 is 4.90 Å². The molecule has 1 atom stereocenters. The molecular formula is C19H19Cl2N2OS+. The summed E-state index contributed by atoms with van der Waals surface area (Å²) >= 11 is 14.1. The summed E-state index contributed by atoms with van der Waals surface area (Å²) in [4.78, 5) is 2.20. The average Bonchev–Trinajstić information content (AvgIpc) is 2.93. The molecule has 3 nitrogen and oxygen atoms in total. The lowest BCUT2D eigenvalue weighted by molar-refractivity contribution is -0.656. The van der Waals surface area contributed by atoms with E-state index in [4.69, 9.17) is 23.2 Å². The molecule has 0 radical (unpaired) electrons. The highest BCUT2D eigenvalue weighted by Crippen LogP contribution is 2.39. The summed E-state index contributed by atoms with van der Waals surface area (Å²) in [7, 11) is 0. The Kier molecular flexibility index (Phi) is 4.49. The lowest BCUT2D eigenvalue weighted by Crippen LogP contribution is -2.41. The quantitative estimate of drug-likeness (QED) is 0.762. The summed E-state index contributed by atoms with van der Waals surface area (Å²) in [6, 6.07) is 13.8. The number of benzene rings is 2. The molecule has 130 valence electrons. The fourth-order valence-electron chi connectivity index (χ4n) is 3.42. The number of halogens is 2. The maximum Gasteiger partial charge on any atom is 0.316 e. The topological polar surface area (TPSA) is 26.5 Å². The lowest BCUT2D eigenvalue weighted by atomic mass is 10.0. The number of aliphatic hydroxyl groups is 1. The van der Waals surface area contributed by atoms with Gasteiger partial charge in [-0.05, 0) is 49.4 Å². The largest absolute Gasteiger partial charge is 0.346 e. The van der Waals surface area contributed by atoms with Gasteiger partial charge in [0.25, 0.3) is 5.72 Å². The molecule has 2 aromatic rings. The summed E-state index contributed by atoms with van der Waals surface area (Å²) < 4.78 is 2.10. The van der Waals surface area contributed by atoms with Crippen LogP contribution in [0.25, 0.3) is 0 Å². The number of hydrogen-bond donors (Lipinski definition) is 1. The normalized spacial score (nSPS) is 23.1. The summed E-state index contributed by atoms with van der Waals surface area (Å²) in [5.41, 5.74) is 1.98. The van der Waals surface area contributed by atoms with Crippen molar-refractivity contribution in [1.29, 1.82) is 0 Å². The van der Waals surface area contributed by atoms with Gasteiger partial charge in [0.15, 0.2) is 6.54 Å². The number of aryl methyl sites for hydroxylation is 1. The molecule has 6 heteroatoms. The molecular weight excluding hydrogens is 375 g/mol. The number of nitrogens with zero attached hydrogens (tertiary/aromatic N) is 2. The SMILES string of the molecule is Cc1ccc(N2C[C@](O)(c3ccc(Cl)c(Cl)c3)[N+]3=C2SCCC3)cc1. The van der Waals surface area contributed by atoms with Crippen molar-refractivity contribution in [3.63, 3.8) is 0 Å². The maximum absolute atomic E-state index is 11.6. The third kappa shape index (κ3) is 2.95. The van der Waals surface area contributed by atoms with Crippen molar-refractivity contribution in [1.82, 2.24) is 0 Å². The Morgan fingerprint density at radius 3 is 2.60 bits per heavy atom. The Bertz CT molecular complexity index is 853. The first-order valence-corrected chi connectivity index (χ1v) is 10.0. The molecule has 0 unspecified atom stereocenters. The van der Waals surface area contributed by atoms with Crippen molar-refractivity contribution in [2.75, 3.05) is 23.7 Å². The summed E-state index contributed by atoms with van der Waals surface area (Å²) in [6.45, 7) is 3.37. The molecule has 0 aromatic heterocycles. The van der Waals surface area contributed by atoms with Crippen LogP contribution in [-0.4, -0.2) is 33.7 Å². The molecule has 2 aliphatic rings. The van der Waals surface area contributed by atoms with Crippen LogP contribution in [0.5, 0.6) is 0 Å². The minimum Gasteiger partial charge on any atom is -0.346 e. The van der Waals surface area contributed by atoms with Crippen molar-refractivity contribution in [2.45, 2.75) is 19.1 Å². The molecule has 2 aromatic carbocycles.